The van der Waals surface area contributed by atoms with Gasteiger partial charge in [-0.2, -0.15) is 0 Å². The highest BCUT2D eigenvalue weighted by molar-refractivity contribution is 6.02. The van der Waals surface area contributed by atoms with Crippen LogP contribution in [0.4, 0.5) is 10.1 Å². The van der Waals surface area contributed by atoms with Gasteiger partial charge in [-0.3, -0.25) is 9.59 Å². The number of methoxy groups -OCH3 is 2. The smallest absolute Gasteiger partial charge is 0.256 e. The molecule has 1 fully saturated rings. The largest absolute Gasteiger partial charge is 0.493 e. The summed E-state index contributed by atoms with van der Waals surface area (Å²) in [7, 11) is 3.16. The number of benzene rings is 4. The summed E-state index contributed by atoms with van der Waals surface area (Å²) in [6.45, 7) is 3.53. The summed E-state index contributed by atoms with van der Waals surface area (Å²) in [5.74, 6) is 0.797. The summed E-state index contributed by atoms with van der Waals surface area (Å²) in [5, 5.41) is 8.10. The molecule has 0 bridgehead atoms. The normalized spacial score (nSPS) is 13.8. The number of hydrogen-bond acceptors (Lipinski definition) is 7. The summed E-state index contributed by atoms with van der Waals surface area (Å²) in [6, 6.07) is 18.5. The van der Waals surface area contributed by atoms with E-state index in [1.165, 1.54) is 6.07 Å². The number of halogens is 1. The van der Waals surface area contributed by atoms with Crippen molar-refractivity contribution in [2.24, 2.45) is 0 Å². The second kappa shape index (κ2) is 12.4. The Bertz CT molecular complexity index is 2040. The van der Waals surface area contributed by atoms with Crippen LogP contribution in [-0.2, 0) is 6.42 Å². The van der Waals surface area contributed by atoms with Gasteiger partial charge in [0.05, 0.1) is 25.3 Å². The fraction of sp³-hybridized carbons (Fsp3) is 0.278. The first-order valence-corrected chi connectivity index (χ1v) is 15.5. The van der Waals surface area contributed by atoms with Gasteiger partial charge in [0.25, 0.3) is 5.91 Å². The molecule has 5 aromatic rings. The van der Waals surface area contributed by atoms with Crippen LogP contribution in [0.2, 0.25) is 0 Å². The van der Waals surface area contributed by atoms with Crippen LogP contribution in [0, 0.1) is 5.82 Å². The van der Waals surface area contributed by atoms with Gasteiger partial charge >= 0.3 is 0 Å². The fourth-order valence-corrected chi connectivity index (χ4v) is 6.43. The van der Waals surface area contributed by atoms with Crippen molar-refractivity contribution in [3.63, 3.8) is 0 Å². The molecule has 10 heteroatoms. The van der Waals surface area contributed by atoms with Crippen LogP contribution in [0.25, 0.3) is 27.4 Å². The molecular weight excluding hydrogens is 587 g/mol. The number of nitrogens with one attached hydrogen (secondary N) is 2. The summed E-state index contributed by atoms with van der Waals surface area (Å²) < 4.78 is 34.9. The van der Waals surface area contributed by atoms with Crippen LogP contribution in [0.5, 0.6) is 23.0 Å². The van der Waals surface area contributed by atoms with Crippen molar-refractivity contribution >= 4 is 33.3 Å². The number of hydrogen-bond donors (Lipinski definition) is 2. The van der Waals surface area contributed by atoms with Crippen molar-refractivity contribution < 1.29 is 23.4 Å². The van der Waals surface area contributed by atoms with Gasteiger partial charge in [0.15, 0.2) is 28.8 Å². The molecule has 0 saturated carbocycles. The zero-order valence-corrected chi connectivity index (χ0v) is 25.8. The lowest BCUT2D eigenvalue weighted by Gasteiger charge is -2.27. The van der Waals surface area contributed by atoms with Crippen LogP contribution in [-0.4, -0.2) is 62.3 Å². The number of aromatic nitrogens is 1. The minimum absolute atomic E-state index is 0.0468. The summed E-state index contributed by atoms with van der Waals surface area (Å²) in [6.07, 6.45) is 4.42. The SMILES string of the molecule is COc1ccc(CCNc2c(F)cc3c(=O)c(C(=O)NCCN4CCCC4)cn4c3c2Oc2cc3ccccc3cc2-4)cc1OC. The number of ether oxygens (including phenoxy) is 3. The molecule has 1 saturated heterocycles. The van der Waals surface area contributed by atoms with Gasteiger partial charge in [-0.15, -0.1) is 0 Å². The van der Waals surface area contributed by atoms with Crippen LogP contribution >= 0.6 is 0 Å². The maximum atomic E-state index is 15.9. The summed E-state index contributed by atoms with van der Waals surface area (Å²) in [4.78, 5) is 29.5. The van der Waals surface area contributed by atoms with Crippen molar-refractivity contribution in [3.8, 4) is 28.7 Å². The molecule has 9 nitrogen and oxygen atoms in total. The minimum Gasteiger partial charge on any atom is -0.493 e. The topological polar surface area (TPSA) is 94.1 Å². The van der Waals surface area contributed by atoms with Gasteiger partial charge in [0.2, 0.25) is 5.43 Å². The highest BCUT2D eigenvalue weighted by atomic mass is 19.1. The van der Waals surface area contributed by atoms with Crippen LogP contribution in [0.3, 0.4) is 0 Å². The van der Waals surface area contributed by atoms with Gasteiger partial charge in [-0.1, -0.05) is 30.3 Å². The minimum atomic E-state index is -0.644. The standard InChI is InChI=1S/C36H35FN4O5/c1-44-29-10-9-22(17-31(29)45-2)11-12-38-32-27(37)20-25-33-35(32)46-30-19-24-8-4-3-7-23(24)18-28(30)41(33)21-26(34(25)42)36(43)39-13-16-40-14-5-6-15-40/h3-4,7-10,17-21,38H,5-6,11-16H2,1-2H3,(H,39,43). The van der Waals surface area contributed by atoms with Gasteiger partial charge in [-0.25, -0.2) is 4.39 Å². The van der Waals surface area contributed by atoms with Gasteiger partial charge in [0.1, 0.15) is 16.8 Å². The summed E-state index contributed by atoms with van der Waals surface area (Å²) in [5.41, 5.74) is 1.57. The lowest BCUT2D eigenvalue weighted by molar-refractivity contribution is 0.0948. The van der Waals surface area contributed by atoms with Gasteiger partial charge in [0, 0.05) is 25.8 Å². The van der Waals surface area contributed by atoms with E-state index in [9.17, 15) is 9.59 Å². The molecule has 1 aromatic heterocycles. The third kappa shape index (κ3) is 5.38. The third-order valence-electron chi connectivity index (χ3n) is 8.81. The lowest BCUT2D eigenvalue weighted by atomic mass is 10.0. The number of pyridine rings is 1. The molecule has 3 heterocycles. The predicted molar refractivity (Wildman–Crippen MR) is 177 cm³/mol. The Labute approximate surface area is 265 Å². The van der Waals surface area contributed by atoms with Crippen molar-refractivity contribution in [1.29, 1.82) is 0 Å². The molecule has 0 aliphatic carbocycles. The Balaban J connectivity index is 1.27. The van der Waals surface area contributed by atoms with Crippen molar-refractivity contribution in [2.75, 3.05) is 52.3 Å². The van der Waals surface area contributed by atoms with Crippen LogP contribution in [0.1, 0.15) is 28.8 Å². The molecule has 2 aliphatic heterocycles. The molecule has 2 aliphatic rings. The first-order valence-electron chi connectivity index (χ1n) is 15.5. The summed E-state index contributed by atoms with van der Waals surface area (Å²) >= 11 is 0. The van der Waals surface area contributed by atoms with E-state index in [2.05, 4.69) is 15.5 Å². The zero-order valence-electron chi connectivity index (χ0n) is 25.8. The molecule has 0 spiro atoms. The van der Waals surface area contributed by atoms with Crippen LogP contribution in [0.15, 0.2) is 71.7 Å². The molecule has 0 radical (unpaired) electrons. The molecule has 0 atom stereocenters. The number of anilines is 1. The molecule has 1 amide bonds. The third-order valence-corrected chi connectivity index (χ3v) is 8.81. The average Bonchev–Trinajstić information content (AvgIpc) is 3.59. The van der Waals surface area contributed by atoms with Gasteiger partial charge < -0.3 is 34.3 Å². The molecule has 4 aromatic carbocycles. The molecule has 2 N–H and O–H groups in total. The average molecular weight is 623 g/mol. The quantitative estimate of drug-likeness (QED) is 0.197. The molecular formula is C36H35FN4O5. The lowest BCUT2D eigenvalue weighted by Crippen LogP contribution is -2.36. The van der Waals surface area contributed by atoms with Crippen molar-refractivity contribution in [3.05, 3.63) is 94.0 Å². The highest BCUT2D eigenvalue weighted by Gasteiger charge is 2.29. The molecule has 46 heavy (non-hydrogen) atoms. The van der Waals surface area contributed by atoms with E-state index in [1.54, 1.807) is 25.0 Å². The first kappa shape index (κ1) is 29.6. The first-order chi connectivity index (χ1) is 22.4. The van der Waals surface area contributed by atoms with E-state index < -0.39 is 17.2 Å². The number of rotatable bonds is 10. The van der Waals surface area contributed by atoms with E-state index in [0.29, 0.717) is 54.5 Å². The van der Waals surface area contributed by atoms with E-state index >= 15 is 4.39 Å². The molecule has 236 valence electrons. The highest BCUT2D eigenvalue weighted by Crippen LogP contribution is 2.46. The van der Waals surface area contributed by atoms with E-state index in [1.807, 2.05) is 54.6 Å². The monoisotopic (exact) mass is 622 g/mol. The number of likely N-dealkylation sites (tertiary alicyclic amines) is 1. The Morgan fingerprint density at radius 3 is 2.48 bits per heavy atom. The Morgan fingerprint density at radius 2 is 1.72 bits per heavy atom. The number of amides is 1. The van der Waals surface area contributed by atoms with E-state index in [4.69, 9.17) is 14.2 Å². The Morgan fingerprint density at radius 1 is 0.957 bits per heavy atom. The number of fused-ring (bicyclic) bond motifs is 3. The Hall–Kier alpha value is -5.09. The maximum absolute atomic E-state index is 15.9. The van der Waals surface area contributed by atoms with Crippen LogP contribution < -0.4 is 30.3 Å². The maximum Gasteiger partial charge on any atom is 0.256 e. The number of carbonyl (C=O) groups excluding carboxylic acids is 1. The number of nitrogens with zero attached hydrogens (tertiary/aromatic N) is 2. The van der Waals surface area contributed by atoms with Crippen molar-refractivity contribution in [1.82, 2.24) is 14.8 Å². The second-order valence-corrected chi connectivity index (χ2v) is 11.6. The fourth-order valence-electron chi connectivity index (χ4n) is 6.43. The number of carbonyl (C=O) groups is 1. The molecule has 0 unspecified atom stereocenters. The van der Waals surface area contributed by atoms with Crippen molar-refractivity contribution in [2.45, 2.75) is 19.3 Å². The Kier molecular flexibility index (Phi) is 7.96. The van der Waals surface area contributed by atoms with E-state index in [0.717, 1.165) is 42.3 Å². The molecule has 7 rings (SSSR count). The zero-order chi connectivity index (χ0) is 31.8. The van der Waals surface area contributed by atoms with E-state index in [-0.39, 0.29) is 22.4 Å². The van der Waals surface area contributed by atoms with Gasteiger partial charge in [-0.05, 0) is 79.0 Å². The second-order valence-electron chi connectivity index (χ2n) is 11.6. The predicted octanol–water partition coefficient (Wildman–Crippen LogP) is 5.89.